The van der Waals surface area contributed by atoms with Crippen LogP contribution in [0, 0.1) is 0 Å². The van der Waals surface area contributed by atoms with E-state index in [0.717, 1.165) is 0 Å². The van der Waals surface area contributed by atoms with E-state index in [4.69, 9.17) is 4.74 Å². The summed E-state index contributed by atoms with van der Waals surface area (Å²) in [5.41, 5.74) is -0.232. The minimum Gasteiger partial charge on any atom is -0.471 e. The third kappa shape index (κ3) is 3.37. The molecular formula is C16H19N5O3. The van der Waals surface area contributed by atoms with Gasteiger partial charge in [0.2, 0.25) is 5.88 Å². The molecule has 2 aromatic rings. The number of H-pyrrole nitrogens is 1. The first kappa shape index (κ1) is 16.0. The zero-order valence-electron chi connectivity index (χ0n) is 13.6. The van der Waals surface area contributed by atoms with E-state index in [1.54, 1.807) is 23.4 Å². The Morgan fingerprint density at radius 1 is 1.42 bits per heavy atom. The lowest BCUT2D eigenvalue weighted by molar-refractivity contribution is 0.0769. The number of hydrogen-bond acceptors (Lipinski definition) is 6. The summed E-state index contributed by atoms with van der Waals surface area (Å²) in [5, 5.41) is 0. The maximum absolute atomic E-state index is 12.4. The van der Waals surface area contributed by atoms with Crippen molar-refractivity contribution in [1.29, 1.82) is 0 Å². The van der Waals surface area contributed by atoms with E-state index in [1.165, 1.54) is 12.3 Å². The van der Waals surface area contributed by atoms with Gasteiger partial charge in [-0.2, -0.15) is 4.98 Å². The smallest absolute Gasteiger partial charge is 0.260 e. The lowest BCUT2D eigenvalue weighted by Crippen LogP contribution is -2.34. The Kier molecular flexibility index (Phi) is 4.45. The van der Waals surface area contributed by atoms with Crippen molar-refractivity contribution in [1.82, 2.24) is 19.9 Å². The molecule has 0 bridgehead atoms. The molecule has 8 nitrogen and oxygen atoms in total. The van der Waals surface area contributed by atoms with E-state index in [0.29, 0.717) is 31.2 Å². The van der Waals surface area contributed by atoms with Crippen LogP contribution in [0.2, 0.25) is 0 Å². The fourth-order valence-corrected chi connectivity index (χ4v) is 2.55. The van der Waals surface area contributed by atoms with Gasteiger partial charge in [0.1, 0.15) is 11.7 Å². The minimum atomic E-state index is -0.378. The van der Waals surface area contributed by atoms with Gasteiger partial charge in [-0.05, 0) is 12.1 Å². The highest BCUT2D eigenvalue weighted by Crippen LogP contribution is 2.19. The fraction of sp³-hybridized carbons (Fsp3) is 0.375. The third-order valence-corrected chi connectivity index (χ3v) is 3.83. The molecule has 8 heteroatoms. The zero-order valence-corrected chi connectivity index (χ0v) is 13.6. The quantitative estimate of drug-likeness (QED) is 0.879. The third-order valence-electron chi connectivity index (χ3n) is 3.83. The van der Waals surface area contributed by atoms with Crippen LogP contribution < -0.4 is 15.2 Å². The first-order valence-electron chi connectivity index (χ1n) is 7.67. The Morgan fingerprint density at radius 3 is 3.00 bits per heavy atom. The Hall–Kier alpha value is -2.90. The molecule has 0 spiro atoms. The molecule has 1 aliphatic rings. The molecule has 1 unspecified atom stereocenters. The van der Waals surface area contributed by atoms with Crippen molar-refractivity contribution in [3.8, 4) is 5.88 Å². The SMILES string of the molecule is CN(C)c1cncc(OC2CCN(C(=O)c3ccc[nH]c3=O)C2)n1. The number of hydrogen-bond donors (Lipinski definition) is 1. The van der Waals surface area contributed by atoms with Gasteiger partial charge in [-0.1, -0.05) is 0 Å². The minimum absolute atomic E-state index is 0.146. The number of likely N-dealkylation sites (tertiary alicyclic amines) is 1. The van der Waals surface area contributed by atoms with E-state index < -0.39 is 0 Å². The molecule has 3 rings (SSSR count). The largest absolute Gasteiger partial charge is 0.471 e. The normalized spacial score (nSPS) is 16.9. The summed E-state index contributed by atoms with van der Waals surface area (Å²) < 4.78 is 5.83. The van der Waals surface area contributed by atoms with Crippen LogP contribution in [0.5, 0.6) is 5.88 Å². The molecule has 0 saturated carbocycles. The average Bonchev–Trinajstić information content (AvgIpc) is 3.03. The summed E-state index contributed by atoms with van der Waals surface area (Å²) in [6, 6.07) is 3.17. The molecule has 0 radical (unpaired) electrons. The first-order chi connectivity index (χ1) is 11.5. The molecule has 2 aromatic heterocycles. The summed E-state index contributed by atoms with van der Waals surface area (Å²) in [7, 11) is 3.75. The lowest BCUT2D eigenvalue weighted by Gasteiger charge is -2.17. The van der Waals surface area contributed by atoms with Gasteiger partial charge < -0.3 is 19.5 Å². The van der Waals surface area contributed by atoms with E-state index in [-0.39, 0.29) is 23.1 Å². The number of anilines is 1. The molecule has 1 amide bonds. The molecule has 1 saturated heterocycles. The lowest BCUT2D eigenvalue weighted by atomic mass is 10.2. The number of rotatable bonds is 4. The van der Waals surface area contributed by atoms with Gasteiger partial charge in [0, 0.05) is 33.3 Å². The number of nitrogens with one attached hydrogen (secondary N) is 1. The Balaban J connectivity index is 1.65. The van der Waals surface area contributed by atoms with Crippen LogP contribution >= 0.6 is 0 Å². The van der Waals surface area contributed by atoms with Crippen molar-refractivity contribution in [2.45, 2.75) is 12.5 Å². The van der Waals surface area contributed by atoms with Gasteiger partial charge in [0.25, 0.3) is 11.5 Å². The number of pyridine rings is 1. The topological polar surface area (TPSA) is 91.4 Å². The molecule has 1 aliphatic heterocycles. The van der Waals surface area contributed by atoms with Crippen molar-refractivity contribution in [3.63, 3.8) is 0 Å². The predicted molar refractivity (Wildman–Crippen MR) is 88.4 cm³/mol. The Morgan fingerprint density at radius 2 is 2.25 bits per heavy atom. The van der Waals surface area contributed by atoms with Gasteiger partial charge in [-0.25, -0.2) is 0 Å². The van der Waals surface area contributed by atoms with E-state index in [9.17, 15) is 9.59 Å². The van der Waals surface area contributed by atoms with Crippen LogP contribution in [0.15, 0.2) is 35.5 Å². The second-order valence-corrected chi connectivity index (χ2v) is 5.80. The molecule has 3 heterocycles. The fourth-order valence-electron chi connectivity index (χ4n) is 2.55. The number of carbonyl (C=O) groups excluding carboxylic acids is 1. The number of nitrogens with zero attached hydrogens (tertiary/aromatic N) is 4. The van der Waals surface area contributed by atoms with Crippen LogP contribution in [-0.2, 0) is 0 Å². The van der Waals surface area contributed by atoms with Gasteiger partial charge in [-0.15, -0.1) is 0 Å². The number of carbonyl (C=O) groups is 1. The van der Waals surface area contributed by atoms with Crippen molar-refractivity contribution < 1.29 is 9.53 Å². The van der Waals surface area contributed by atoms with E-state index in [2.05, 4.69) is 15.0 Å². The van der Waals surface area contributed by atoms with Gasteiger partial charge in [0.05, 0.1) is 18.9 Å². The second kappa shape index (κ2) is 6.69. The average molecular weight is 329 g/mol. The summed E-state index contributed by atoms with van der Waals surface area (Å²) >= 11 is 0. The zero-order chi connectivity index (χ0) is 17.1. The van der Waals surface area contributed by atoms with Gasteiger partial charge >= 0.3 is 0 Å². The van der Waals surface area contributed by atoms with Gasteiger partial charge in [0.15, 0.2) is 5.82 Å². The summed E-state index contributed by atoms with van der Waals surface area (Å²) in [5.74, 6) is 0.850. The highest BCUT2D eigenvalue weighted by molar-refractivity contribution is 5.94. The van der Waals surface area contributed by atoms with Crippen molar-refractivity contribution >= 4 is 11.7 Å². The van der Waals surface area contributed by atoms with Crippen LogP contribution in [0.1, 0.15) is 16.8 Å². The first-order valence-corrected chi connectivity index (χ1v) is 7.67. The molecule has 24 heavy (non-hydrogen) atoms. The van der Waals surface area contributed by atoms with Gasteiger partial charge in [-0.3, -0.25) is 14.6 Å². The van der Waals surface area contributed by atoms with Crippen molar-refractivity contribution in [2.75, 3.05) is 32.1 Å². The molecule has 1 atom stereocenters. The highest BCUT2D eigenvalue weighted by atomic mass is 16.5. The van der Waals surface area contributed by atoms with E-state index in [1.807, 2.05) is 19.0 Å². The van der Waals surface area contributed by atoms with E-state index >= 15 is 0 Å². The van der Waals surface area contributed by atoms with Crippen LogP contribution in [0.4, 0.5) is 5.82 Å². The number of aromatic nitrogens is 3. The number of amides is 1. The molecule has 1 fully saturated rings. The molecule has 0 aromatic carbocycles. The van der Waals surface area contributed by atoms with Crippen LogP contribution in [-0.4, -0.2) is 59.0 Å². The maximum Gasteiger partial charge on any atom is 0.260 e. The second-order valence-electron chi connectivity index (χ2n) is 5.80. The Bertz CT molecular complexity index is 789. The summed E-state index contributed by atoms with van der Waals surface area (Å²) in [4.78, 5) is 38.6. The number of ether oxygens (including phenoxy) is 1. The predicted octanol–water partition coefficient (Wildman–Crippen LogP) is 0.524. The van der Waals surface area contributed by atoms with Crippen molar-refractivity contribution in [2.24, 2.45) is 0 Å². The van der Waals surface area contributed by atoms with Crippen LogP contribution in [0.25, 0.3) is 0 Å². The number of aromatic amines is 1. The van der Waals surface area contributed by atoms with Crippen LogP contribution in [0.3, 0.4) is 0 Å². The van der Waals surface area contributed by atoms with Crippen molar-refractivity contribution in [3.05, 3.63) is 46.6 Å². The molecule has 0 aliphatic carbocycles. The highest BCUT2D eigenvalue weighted by Gasteiger charge is 2.29. The standard InChI is InChI=1S/C16H19N5O3/c1-20(2)13-8-17-9-14(19-13)24-11-5-7-21(10-11)16(23)12-4-3-6-18-15(12)22/h3-4,6,8-9,11H,5,7,10H2,1-2H3,(H,18,22). The molecular weight excluding hydrogens is 310 g/mol. The maximum atomic E-state index is 12.4. The summed E-state index contributed by atoms with van der Waals surface area (Å²) in [6.45, 7) is 0.958. The Labute approximate surface area is 139 Å². The monoisotopic (exact) mass is 329 g/mol. The molecule has 126 valence electrons. The molecule has 1 N–H and O–H groups in total. The summed E-state index contributed by atoms with van der Waals surface area (Å²) in [6.07, 6.45) is 5.23.